The summed E-state index contributed by atoms with van der Waals surface area (Å²) < 4.78 is 0. The zero-order valence-electron chi connectivity index (χ0n) is 17.4. The van der Waals surface area contributed by atoms with Crippen molar-refractivity contribution in [3.63, 3.8) is 0 Å². The van der Waals surface area contributed by atoms with Gasteiger partial charge < -0.3 is 0 Å². The second kappa shape index (κ2) is 8.37. The Kier molecular flexibility index (Phi) is 5.12. The normalized spacial score (nSPS) is 10.7. The Morgan fingerprint density at radius 2 is 0.806 bits per heavy atom. The van der Waals surface area contributed by atoms with Crippen LogP contribution in [0.3, 0.4) is 0 Å². The number of pyridine rings is 2. The van der Waals surface area contributed by atoms with Gasteiger partial charge in [0.1, 0.15) is 0 Å². The van der Waals surface area contributed by atoms with Crippen molar-refractivity contribution < 1.29 is 0 Å². The molecule has 2 heteroatoms. The molecule has 0 aliphatic heterocycles. The van der Waals surface area contributed by atoms with E-state index < -0.39 is 0 Å². The maximum absolute atomic E-state index is 4.26. The molecular formula is C29H22N2. The number of aryl methyl sites for hydroxylation is 1. The van der Waals surface area contributed by atoms with Crippen LogP contribution in [0.2, 0.25) is 0 Å². The molecule has 5 rings (SSSR count). The van der Waals surface area contributed by atoms with Gasteiger partial charge in [0, 0.05) is 35.9 Å². The van der Waals surface area contributed by atoms with E-state index in [1.165, 1.54) is 38.9 Å². The standard InChI is InChI=1S/C29H22N2/c1-21-14-28(24-8-2-6-22(16-24)26-10-4-12-30-19-26)18-29(15-21)25-9-3-7-23(17-25)27-11-5-13-31-20-27/h2-20H,1H3. The minimum atomic E-state index is 1.13. The third-order valence-electron chi connectivity index (χ3n) is 5.46. The summed E-state index contributed by atoms with van der Waals surface area (Å²) in [7, 11) is 0. The molecule has 0 unspecified atom stereocenters. The lowest BCUT2D eigenvalue weighted by Gasteiger charge is -2.11. The van der Waals surface area contributed by atoms with Crippen LogP contribution in [0.5, 0.6) is 0 Å². The van der Waals surface area contributed by atoms with Crippen LogP contribution in [0.15, 0.2) is 116 Å². The van der Waals surface area contributed by atoms with Gasteiger partial charge in [0.25, 0.3) is 0 Å². The van der Waals surface area contributed by atoms with Crippen molar-refractivity contribution in [3.05, 3.63) is 121 Å². The maximum atomic E-state index is 4.26. The van der Waals surface area contributed by atoms with Gasteiger partial charge >= 0.3 is 0 Å². The van der Waals surface area contributed by atoms with Crippen molar-refractivity contribution in [2.24, 2.45) is 0 Å². The minimum Gasteiger partial charge on any atom is -0.264 e. The molecule has 0 fully saturated rings. The Morgan fingerprint density at radius 3 is 1.23 bits per heavy atom. The van der Waals surface area contributed by atoms with Crippen LogP contribution in [0, 0.1) is 6.92 Å². The highest BCUT2D eigenvalue weighted by Crippen LogP contribution is 2.32. The Morgan fingerprint density at radius 1 is 0.419 bits per heavy atom. The monoisotopic (exact) mass is 398 g/mol. The Hall–Kier alpha value is -4.04. The molecule has 2 heterocycles. The van der Waals surface area contributed by atoms with Gasteiger partial charge in [0.05, 0.1) is 0 Å². The van der Waals surface area contributed by atoms with Crippen molar-refractivity contribution in [2.45, 2.75) is 6.92 Å². The molecule has 0 N–H and O–H groups in total. The average molecular weight is 399 g/mol. The van der Waals surface area contributed by atoms with Crippen molar-refractivity contribution in [2.75, 3.05) is 0 Å². The highest BCUT2D eigenvalue weighted by Gasteiger charge is 2.07. The lowest BCUT2D eigenvalue weighted by molar-refractivity contribution is 1.33. The smallest absolute Gasteiger partial charge is 0.0346 e. The molecule has 5 aromatic rings. The first-order chi connectivity index (χ1) is 15.3. The third-order valence-corrected chi connectivity index (χ3v) is 5.46. The SMILES string of the molecule is Cc1cc(-c2cccc(-c3cccnc3)c2)cc(-c2cccc(-c3cccnc3)c2)c1. The summed E-state index contributed by atoms with van der Waals surface area (Å²) in [4.78, 5) is 8.52. The first-order valence-corrected chi connectivity index (χ1v) is 10.4. The molecule has 2 nitrogen and oxygen atoms in total. The molecule has 148 valence electrons. The van der Waals surface area contributed by atoms with E-state index in [0.717, 1.165) is 11.1 Å². The lowest BCUT2D eigenvalue weighted by atomic mass is 9.93. The van der Waals surface area contributed by atoms with Crippen LogP contribution in [0.1, 0.15) is 5.56 Å². The minimum absolute atomic E-state index is 1.13. The topological polar surface area (TPSA) is 25.8 Å². The van der Waals surface area contributed by atoms with E-state index in [9.17, 15) is 0 Å². The van der Waals surface area contributed by atoms with Crippen molar-refractivity contribution in [1.29, 1.82) is 0 Å². The molecule has 0 aliphatic rings. The predicted molar refractivity (Wildman–Crippen MR) is 129 cm³/mol. The van der Waals surface area contributed by atoms with E-state index >= 15 is 0 Å². The Labute approximate surface area is 182 Å². The molecule has 0 bridgehead atoms. The van der Waals surface area contributed by atoms with Gasteiger partial charge in [-0.2, -0.15) is 0 Å². The van der Waals surface area contributed by atoms with E-state index in [2.05, 4.69) is 95.8 Å². The van der Waals surface area contributed by atoms with E-state index in [-0.39, 0.29) is 0 Å². The average Bonchev–Trinajstić information content (AvgIpc) is 2.85. The van der Waals surface area contributed by atoms with Crippen LogP contribution >= 0.6 is 0 Å². The number of aromatic nitrogens is 2. The van der Waals surface area contributed by atoms with Gasteiger partial charge in [-0.3, -0.25) is 9.97 Å². The Bertz CT molecular complexity index is 1220. The quantitative estimate of drug-likeness (QED) is 0.314. The van der Waals surface area contributed by atoms with Crippen molar-refractivity contribution in [1.82, 2.24) is 9.97 Å². The van der Waals surface area contributed by atoms with Crippen LogP contribution in [0.25, 0.3) is 44.5 Å². The molecule has 0 atom stereocenters. The highest BCUT2D eigenvalue weighted by molar-refractivity contribution is 5.79. The van der Waals surface area contributed by atoms with Gasteiger partial charge in [0.15, 0.2) is 0 Å². The van der Waals surface area contributed by atoms with Crippen LogP contribution in [-0.4, -0.2) is 9.97 Å². The molecule has 0 spiro atoms. The second-order valence-electron chi connectivity index (χ2n) is 7.73. The first kappa shape index (κ1) is 19.0. The molecule has 31 heavy (non-hydrogen) atoms. The number of nitrogens with zero attached hydrogens (tertiary/aromatic N) is 2. The van der Waals surface area contributed by atoms with Crippen LogP contribution < -0.4 is 0 Å². The van der Waals surface area contributed by atoms with Gasteiger partial charge in [-0.05, 0) is 76.2 Å². The fourth-order valence-corrected chi connectivity index (χ4v) is 3.94. The molecule has 0 radical (unpaired) electrons. The van der Waals surface area contributed by atoms with Crippen molar-refractivity contribution in [3.8, 4) is 44.5 Å². The molecular weight excluding hydrogens is 376 g/mol. The van der Waals surface area contributed by atoms with Gasteiger partial charge in [0.2, 0.25) is 0 Å². The highest BCUT2D eigenvalue weighted by atomic mass is 14.6. The maximum Gasteiger partial charge on any atom is 0.0346 e. The molecule has 3 aromatic carbocycles. The van der Waals surface area contributed by atoms with Crippen LogP contribution in [-0.2, 0) is 0 Å². The largest absolute Gasteiger partial charge is 0.264 e. The van der Waals surface area contributed by atoms with E-state index in [1.54, 1.807) is 12.4 Å². The van der Waals surface area contributed by atoms with E-state index in [4.69, 9.17) is 0 Å². The lowest BCUT2D eigenvalue weighted by Crippen LogP contribution is -1.87. The number of hydrogen-bond donors (Lipinski definition) is 0. The summed E-state index contributed by atoms with van der Waals surface area (Å²) in [5.74, 6) is 0. The van der Waals surface area contributed by atoms with Gasteiger partial charge in [-0.25, -0.2) is 0 Å². The summed E-state index contributed by atoms with van der Waals surface area (Å²) >= 11 is 0. The second-order valence-corrected chi connectivity index (χ2v) is 7.73. The van der Waals surface area contributed by atoms with Gasteiger partial charge in [-0.15, -0.1) is 0 Å². The van der Waals surface area contributed by atoms with Crippen LogP contribution in [0.4, 0.5) is 0 Å². The third kappa shape index (κ3) is 4.15. The number of hydrogen-bond acceptors (Lipinski definition) is 2. The fraction of sp³-hybridized carbons (Fsp3) is 0.0345. The summed E-state index contributed by atoms with van der Waals surface area (Å²) in [5.41, 5.74) is 10.7. The number of rotatable bonds is 4. The Balaban J connectivity index is 1.56. The summed E-state index contributed by atoms with van der Waals surface area (Å²) in [6, 6.07) is 32.2. The molecule has 0 amide bonds. The van der Waals surface area contributed by atoms with E-state index in [0.29, 0.717) is 0 Å². The summed E-state index contributed by atoms with van der Waals surface area (Å²) in [6.45, 7) is 2.16. The van der Waals surface area contributed by atoms with E-state index in [1.807, 2.05) is 24.5 Å². The molecule has 0 saturated heterocycles. The zero-order chi connectivity index (χ0) is 21.0. The summed E-state index contributed by atoms with van der Waals surface area (Å²) in [6.07, 6.45) is 7.43. The molecule has 0 saturated carbocycles. The predicted octanol–water partition coefficient (Wildman–Crippen LogP) is 7.45. The summed E-state index contributed by atoms with van der Waals surface area (Å²) in [5, 5.41) is 0. The van der Waals surface area contributed by atoms with Gasteiger partial charge in [-0.1, -0.05) is 60.7 Å². The van der Waals surface area contributed by atoms with Crippen molar-refractivity contribution >= 4 is 0 Å². The first-order valence-electron chi connectivity index (χ1n) is 10.4. The molecule has 2 aromatic heterocycles. The zero-order valence-corrected chi connectivity index (χ0v) is 17.4. The number of benzene rings is 3. The fourth-order valence-electron chi connectivity index (χ4n) is 3.94. The molecule has 0 aliphatic carbocycles.